The quantitative estimate of drug-likeness (QED) is 0.800. The van der Waals surface area contributed by atoms with E-state index >= 15 is 0 Å². The Morgan fingerprint density at radius 2 is 2.12 bits per heavy atom. The molecule has 1 aromatic carbocycles. The number of nitrogens with zero attached hydrogens (tertiary/aromatic N) is 1. The van der Waals surface area contributed by atoms with Crippen LogP contribution in [0.2, 0.25) is 0 Å². The van der Waals surface area contributed by atoms with E-state index in [0.717, 1.165) is 30.4 Å². The Labute approximate surface area is 101 Å². The van der Waals surface area contributed by atoms with Crippen LogP contribution in [-0.2, 0) is 13.2 Å². The van der Waals surface area contributed by atoms with Gasteiger partial charge in [0.1, 0.15) is 18.2 Å². The lowest BCUT2D eigenvalue weighted by atomic mass is 10.3. The lowest BCUT2D eigenvalue weighted by Crippen LogP contribution is -2.12. The van der Waals surface area contributed by atoms with E-state index in [4.69, 9.17) is 4.74 Å². The van der Waals surface area contributed by atoms with Gasteiger partial charge >= 0.3 is 0 Å². The van der Waals surface area contributed by atoms with Crippen LogP contribution in [0.5, 0.6) is 5.75 Å². The van der Waals surface area contributed by atoms with Crippen molar-refractivity contribution in [3.8, 4) is 5.75 Å². The summed E-state index contributed by atoms with van der Waals surface area (Å²) in [5, 5.41) is 3.24. The first-order valence-corrected chi connectivity index (χ1v) is 5.80. The average molecular weight is 231 g/mol. The third-order valence-corrected chi connectivity index (χ3v) is 2.37. The third-order valence-electron chi connectivity index (χ3n) is 2.37. The average Bonchev–Trinajstić information content (AvgIpc) is 2.83. The highest BCUT2D eigenvalue weighted by Gasteiger charge is 2.00. The molecule has 17 heavy (non-hydrogen) atoms. The van der Waals surface area contributed by atoms with Gasteiger partial charge in [-0.1, -0.05) is 25.1 Å². The molecule has 0 saturated heterocycles. The number of nitrogens with one attached hydrogen (secondary N) is 2. The zero-order valence-corrected chi connectivity index (χ0v) is 9.94. The summed E-state index contributed by atoms with van der Waals surface area (Å²) in [5.74, 6) is 1.71. The standard InChI is InChI=1S/C13H17N3O/c1-2-14-8-11-9-15-13(16-11)10-17-12-6-4-3-5-7-12/h3-7,9,14H,2,8,10H2,1H3,(H,15,16). The van der Waals surface area contributed by atoms with Crippen molar-refractivity contribution < 1.29 is 4.74 Å². The molecule has 0 spiro atoms. The number of para-hydroxylation sites is 1. The lowest BCUT2D eigenvalue weighted by molar-refractivity contribution is 0.297. The second-order valence-corrected chi connectivity index (χ2v) is 3.74. The highest BCUT2D eigenvalue weighted by molar-refractivity contribution is 5.21. The Balaban J connectivity index is 1.85. The fourth-order valence-corrected chi connectivity index (χ4v) is 1.50. The molecule has 0 aliphatic heterocycles. The predicted molar refractivity (Wildman–Crippen MR) is 66.7 cm³/mol. The van der Waals surface area contributed by atoms with Crippen molar-refractivity contribution in [2.24, 2.45) is 0 Å². The number of H-pyrrole nitrogens is 1. The molecule has 2 rings (SSSR count). The number of aromatic amines is 1. The van der Waals surface area contributed by atoms with Crippen molar-refractivity contribution in [2.45, 2.75) is 20.1 Å². The molecular formula is C13H17N3O. The number of rotatable bonds is 6. The van der Waals surface area contributed by atoms with Crippen LogP contribution in [0.3, 0.4) is 0 Å². The van der Waals surface area contributed by atoms with Gasteiger partial charge in [-0.15, -0.1) is 0 Å². The van der Waals surface area contributed by atoms with Gasteiger partial charge in [-0.2, -0.15) is 0 Å². The molecule has 0 saturated carbocycles. The van der Waals surface area contributed by atoms with Crippen LogP contribution in [0.25, 0.3) is 0 Å². The first-order chi connectivity index (χ1) is 8.38. The van der Waals surface area contributed by atoms with E-state index < -0.39 is 0 Å². The Morgan fingerprint density at radius 1 is 1.29 bits per heavy atom. The van der Waals surface area contributed by atoms with Crippen LogP contribution in [0.1, 0.15) is 18.4 Å². The molecule has 0 fully saturated rings. The molecule has 1 aromatic heterocycles. The number of imidazole rings is 1. The van der Waals surface area contributed by atoms with Gasteiger partial charge in [0.15, 0.2) is 0 Å². The molecule has 0 aliphatic rings. The van der Waals surface area contributed by atoms with E-state index in [0.29, 0.717) is 6.61 Å². The second kappa shape index (κ2) is 6.06. The Bertz CT molecular complexity index is 439. The Morgan fingerprint density at radius 3 is 2.88 bits per heavy atom. The topological polar surface area (TPSA) is 49.9 Å². The Kier molecular flexibility index (Phi) is 4.16. The molecule has 0 bridgehead atoms. The first-order valence-electron chi connectivity index (χ1n) is 5.80. The van der Waals surface area contributed by atoms with E-state index in [2.05, 4.69) is 22.2 Å². The summed E-state index contributed by atoms with van der Waals surface area (Å²) < 4.78 is 5.60. The molecule has 0 amide bonds. The molecule has 0 unspecified atom stereocenters. The summed E-state index contributed by atoms with van der Waals surface area (Å²) in [6.07, 6.45) is 1.84. The van der Waals surface area contributed by atoms with Crippen LogP contribution in [-0.4, -0.2) is 16.5 Å². The Hall–Kier alpha value is -1.81. The van der Waals surface area contributed by atoms with Crippen LogP contribution >= 0.6 is 0 Å². The monoisotopic (exact) mass is 231 g/mol. The molecule has 0 aliphatic carbocycles. The van der Waals surface area contributed by atoms with Crippen molar-refractivity contribution in [1.29, 1.82) is 0 Å². The summed E-state index contributed by atoms with van der Waals surface area (Å²) in [4.78, 5) is 7.48. The van der Waals surface area contributed by atoms with Gasteiger partial charge in [0.05, 0.1) is 0 Å². The zero-order chi connectivity index (χ0) is 11.9. The molecule has 0 radical (unpaired) electrons. The van der Waals surface area contributed by atoms with Crippen LogP contribution in [0, 0.1) is 0 Å². The van der Waals surface area contributed by atoms with Crippen molar-refractivity contribution in [1.82, 2.24) is 15.3 Å². The minimum atomic E-state index is 0.468. The van der Waals surface area contributed by atoms with Crippen LogP contribution < -0.4 is 10.1 Å². The molecule has 90 valence electrons. The fraction of sp³-hybridized carbons (Fsp3) is 0.308. The van der Waals surface area contributed by atoms with Gasteiger partial charge in [-0.3, -0.25) is 0 Å². The summed E-state index contributed by atoms with van der Waals surface area (Å²) in [6.45, 7) is 4.32. The third kappa shape index (κ3) is 3.60. The van der Waals surface area contributed by atoms with E-state index in [-0.39, 0.29) is 0 Å². The minimum absolute atomic E-state index is 0.468. The molecule has 1 heterocycles. The van der Waals surface area contributed by atoms with Gasteiger partial charge in [0.2, 0.25) is 0 Å². The molecule has 4 nitrogen and oxygen atoms in total. The van der Waals surface area contributed by atoms with E-state index in [1.54, 1.807) is 0 Å². The normalized spacial score (nSPS) is 10.4. The van der Waals surface area contributed by atoms with Crippen molar-refractivity contribution in [3.63, 3.8) is 0 Å². The van der Waals surface area contributed by atoms with Crippen molar-refractivity contribution in [2.75, 3.05) is 6.54 Å². The van der Waals surface area contributed by atoms with Gasteiger partial charge < -0.3 is 15.0 Å². The van der Waals surface area contributed by atoms with Gasteiger partial charge in [0.25, 0.3) is 0 Å². The molecule has 0 atom stereocenters. The maximum Gasteiger partial charge on any atom is 0.146 e. The molecule has 2 aromatic rings. The van der Waals surface area contributed by atoms with Crippen LogP contribution in [0.15, 0.2) is 36.5 Å². The highest BCUT2D eigenvalue weighted by Crippen LogP contribution is 2.10. The van der Waals surface area contributed by atoms with E-state index in [1.165, 1.54) is 0 Å². The van der Waals surface area contributed by atoms with Crippen molar-refractivity contribution in [3.05, 3.63) is 48.0 Å². The lowest BCUT2D eigenvalue weighted by Gasteiger charge is -2.03. The zero-order valence-electron chi connectivity index (χ0n) is 9.94. The SMILES string of the molecule is CCNCc1cnc(COc2ccccc2)[nH]1. The number of ether oxygens (including phenoxy) is 1. The highest BCUT2D eigenvalue weighted by atomic mass is 16.5. The number of hydrogen-bond acceptors (Lipinski definition) is 3. The van der Waals surface area contributed by atoms with E-state index in [9.17, 15) is 0 Å². The van der Waals surface area contributed by atoms with Gasteiger partial charge in [-0.05, 0) is 18.7 Å². The smallest absolute Gasteiger partial charge is 0.146 e. The fourth-order valence-electron chi connectivity index (χ4n) is 1.50. The second-order valence-electron chi connectivity index (χ2n) is 3.74. The first kappa shape index (κ1) is 11.7. The summed E-state index contributed by atoms with van der Waals surface area (Å²) >= 11 is 0. The maximum absolute atomic E-state index is 5.60. The summed E-state index contributed by atoms with van der Waals surface area (Å²) in [7, 11) is 0. The van der Waals surface area contributed by atoms with E-state index in [1.807, 2.05) is 36.5 Å². The minimum Gasteiger partial charge on any atom is -0.486 e. The van der Waals surface area contributed by atoms with Gasteiger partial charge in [0, 0.05) is 18.4 Å². The number of aromatic nitrogens is 2. The summed E-state index contributed by atoms with van der Waals surface area (Å²) in [5.41, 5.74) is 1.08. The number of benzene rings is 1. The molecular weight excluding hydrogens is 214 g/mol. The predicted octanol–water partition coefficient (Wildman–Crippen LogP) is 2.10. The largest absolute Gasteiger partial charge is 0.486 e. The van der Waals surface area contributed by atoms with Crippen molar-refractivity contribution >= 4 is 0 Å². The van der Waals surface area contributed by atoms with Gasteiger partial charge in [-0.25, -0.2) is 4.98 Å². The molecule has 2 N–H and O–H groups in total. The molecule has 4 heteroatoms. The van der Waals surface area contributed by atoms with Crippen LogP contribution in [0.4, 0.5) is 0 Å². The number of hydrogen-bond donors (Lipinski definition) is 2. The maximum atomic E-state index is 5.60. The summed E-state index contributed by atoms with van der Waals surface area (Å²) in [6, 6.07) is 9.74.